The lowest BCUT2D eigenvalue weighted by Crippen LogP contribution is -2.31. The van der Waals surface area contributed by atoms with Crippen molar-refractivity contribution in [1.29, 1.82) is 0 Å². The predicted molar refractivity (Wildman–Crippen MR) is 132 cm³/mol. The number of fused-ring (bicyclic) bond motifs is 1. The average Bonchev–Trinajstić information content (AvgIpc) is 3.28. The average molecular weight is 485 g/mol. The molecule has 0 bridgehead atoms. The van der Waals surface area contributed by atoms with Gasteiger partial charge in [-0.15, -0.1) is 0 Å². The quantitative estimate of drug-likeness (QED) is 0.431. The Morgan fingerprint density at radius 1 is 1.31 bits per heavy atom. The lowest BCUT2D eigenvalue weighted by atomic mass is 10.1. The van der Waals surface area contributed by atoms with Crippen molar-refractivity contribution >= 4 is 17.8 Å². The van der Waals surface area contributed by atoms with Gasteiger partial charge in [-0.25, -0.2) is 18.3 Å². The first-order valence-corrected chi connectivity index (χ1v) is 11.2. The van der Waals surface area contributed by atoms with E-state index >= 15 is 0 Å². The molecule has 0 atom stereocenters. The maximum atomic E-state index is 13.3. The van der Waals surface area contributed by atoms with Gasteiger partial charge in [0.05, 0.1) is 30.3 Å². The van der Waals surface area contributed by atoms with Crippen molar-refractivity contribution in [2.45, 2.75) is 33.1 Å². The molecule has 0 aliphatic carbocycles. The van der Waals surface area contributed by atoms with E-state index in [0.717, 1.165) is 12.5 Å². The summed E-state index contributed by atoms with van der Waals surface area (Å²) in [6.07, 6.45) is 4.47. The standard InChI is InChI=1S/C25H30F2N6O2/c1-6-28-15-20(17(2)32(4)14-12-25(3,26)27)31-24(34)19-11-13-29-33-16-21(30-23(19)33)18-9-7-8-10-22(18)35-5/h7-11,13,15-16H,6,12,14H2,1-5H3,(H,31,34)/b20-17-,28-15?. The molecule has 0 fully saturated rings. The summed E-state index contributed by atoms with van der Waals surface area (Å²) in [5.41, 5.74) is 3.09. The Hall–Kier alpha value is -3.82. The highest BCUT2D eigenvalue weighted by molar-refractivity contribution is 6.03. The van der Waals surface area contributed by atoms with Gasteiger partial charge in [-0.1, -0.05) is 12.1 Å². The molecule has 2 aromatic heterocycles. The number of nitrogens with one attached hydrogen (secondary N) is 1. The van der Waals surface area contributed by atoms with Crippen LogP contribution >= 0.6 is 0 Å². The van der Waals surface area contributed by atoms with Crippen LogP contribution in [0.15, 0.2) is 59.1 Å². The van der Waals surface area contributed by atoms with Gasteiger partial charge in [-0.05, 0) is 39.0 Å². The second-order valence-electron chi connectivity index (χ2n) is 8.16. The molecule has 3 rings (SSSR count). The molecule has 0 saturated carbocycles. The third-order valence-electron chi connectivity index (χ3n) is 5.49. The number of aromatic nitrogens is 3. The number of aliphatic imine (C=N–C) groups is 1. The van der Waals surface area contributed by atoms with Gasteiger partial charge in [0.1, 0.15) is 5.75 Å². The van der Waals surface area contributed by atoms with Gasteiger partial charge in [0.25, 0.3) is 5.91 Å². The number of para-hydroxylation sites is 1. The molecule has 1 N–H and O–H groups in total. The Morgan fingerprint density at radius 2 is 2.06 bits per heavy atom. The fraction of sp³-hybridized carbons (Fsp3) is 0.360. The molecule has 0 radical (unpaired) electrons. The van der Waals surface area contributed by atoms with Crippen molar-refractivity contribution < 1.29 is 18.3 Å². The van der Waals surface area contributed by atoms with Gasteiger partial charge < -0.3 is 15.0 Å². The van der Waals surface area contributed by atoms with Crippen LogP contribution in [0.4, 0.5) is 8.78 Å². The maximum Gasteiger partial charge on any atom is 0.259 e. The summed E-state index contributed by atoms with van der Waals surface area (Å²) < 4.78 is 33.6. The van der Waals surface area contributed by atoms with E-state index in [1.807, 2.05) is 31.2 Å². The Balaban J connectivity index is 1.94. The highest BCUT2D eigenvalue weighted by atomic mass is 19.3. The highest BCUT2D eigenvalue weighted by Gasteiger charge is 2.22. The number of ether oxygens (including phenoxy) is 1. The predicted octanol–water partition coefficient (Wildman–Crippen LogP) is 4.43. The number of nitrogens with zero attached hydrogens (tertiary/aromatic N) is 5. The zero-order chi connectivity index (χ0) is 25.6. The van der Waals surface area contributed by atoms with E-state index in [0.29, 0.717) is 40.6 Å². The number of halogens is 2. The number of amides is 1. The lowest BCUT2D eigenvalue weighted by molar-refractivity contribution is 0.00735. The van der Waals surface area contributed by atoms with Crippen LogP contribution in [0.25, 0.3) is 16.9 Å². The Bertz CT molecular complexity index is 1250. The first-order chi connectivity index (χ1) is 16.6. The molecule has 35 heavy (non-hydrogen) atoms. The molecule has 0 saturated heterocycles. The Labute approximate surface area is 203 Å². The summed E-state index contributed by atoms with van der Waals surface area (Å²) in [7, 11) is 3.28. The molecule has 2 heterocycles. The van der Waals surface area contributed by atoms with Crippen molar-refractivity contribution in [3.63, 3.8) is 0 Å². The molecule has 0 unspecified atom stereocenters. The van der Waals surface area contributed by atoms with E-state index < -0.39 is 11.8 Å². The summed E-state index contributed by atoms with van der Waals surface area (Å²) in [4.78, 5) is 23.8. The summed E-state index contributed by atoms with van der Waals surface area (Å²) in [5.74, 6) is -2.54. The molecule has 0 spiro atoms. The van der Waals surface area contributed by atoms with Crippen LogP contribution in [0.5, 0.6) is 5.75 Å². The molecule has 1 aromatic carbocycles. The normalized spacial score (nSPS) is 12.7. The Morgan fingerprint density at radius 3 is 2.74 bits per heavy atom. The molecule has 0 aliphatic heterocycles. The number of alkyl halides is 2. The van der Waals surface area contributed by atoms with Gasteiger partial charge in [0.2, 0.25) is 5.92 Å². The summed E-state index contributed by atoms with van der Waals surface area (Å²) in [5, 5.41) is 7.15. The smallest absolute Gasteiger partial charge is 0.259 e. The minimum absolute atomic E-state index is 0.122. The highest BCUT2D eigenvalue weighted by Crippen LogP contribution is 2.29. The lowest BCUT2D eigenvalue weighted by Gasteiger charge is -2.24. The van der Waals surface area contributed by atoms with Crippen LogP contribution in [-0.2, 0) is 0 Å². The number of carbonyl (C=O) groups excluding carboxylic acids is 1. The number of benzene rings is 1. The van der Waals surface area contributed by atoms with Gasteiger partial charge >= 0.3 is 0 Å². The van der Waals surface area contributed by atoms with Crippen molar-refractivity contribution in [3.05, 3.63) is 59.7 Å². The van der Waals surface area contributed by atoms with Crippen LogP contribution < -0.4 is 10.1 Å². The first kappa shape index (κ1) is 25.8. The van der Waals surface area contributed by atoms with E-state index in [4.69, 9.17) is 4.74 Å². The van der Waals surface area contributed by atoms with Crippen molar-refractivity contribution in [2.24, 2.45) is 4.99 Å². The maximum absolute atomic E-state index is 13.3. The van der Waals surface area contributed by atoms with Gasteiger partial charge in [0.15, 0.2) is 5.65 Å². The second-order valence-corrected chi connectivity index (χ2v) is 8.16. The van der Waals surface area contributed by atoms with Crippen LogP contribution in [0.1, 0.15) is 37.6 Å². The van der Waals surface area contributed by atoms with Crippen LogP contribution in [0.3, 0.4) is 0 Å². The van der Waals surface area contributed by atoms with Gasteiger partial charge in [-0.2, -0.15) is 5.10 Å². The fourth-order valence-electron chi connectivity index (χ4n) is 3.39. The molecule has 186 valence electrons. The number of imidazole rings is 1. The first-order valence-electron chi connectivity index (χ1n) is 11.2. The minimum Gasteiger partial charge on any atom is -0.496 e. The molecule has 0 aliphatic rings. The zero-order valence-corrected chi connectivity index (χ0v) is 20.5. The van der Waals surface area contributed by atoms with Gasteiger partial charge in [-0.3, -0.25) is 9.79 Å². The fourth-order valence-corrected chi connectivity index (χ4v) is 3.39. The number of rotatable bonds is 10. The third-order valence-corrected chi connectivity index (χ3v) is 5.49. The van der Waals surface area contributed by atoms with Crippen molar-refractivity contribution in [1.82, 2.24) is 24.8 Å². The summed E-state index contributed by atoms with van der Waals surface area (Å²) >= 11 is 0. The van der Waals surface area contributed by atoms with E-state index in [1.165, 1.54) is 16.9 Å². The second kappa shape index (κ2) is 11.1. The molecule has 8 nitrogen and oxygen atoms in total. The zero-order valence-electron chi connectivity index (χ0n) is 20.5. The molecule has 3 aromatic rings. The van der Waals surface area contributed by atoms with Crippen molar-refractivity contribution in [2.75, 3.05) is 27.2 Å². The number of hydrogen-bond donors (Lipinski definition) is 1. The molecular weight excluding hydrogens is 454 g/mol. The molecule has 10 heteroatoms. The minimum atomic E-state index is -2.78. The molecule has 1 amide bonds. The monoisotopic (exact) mass is 484 g/mol. The van der Waals surface area contributed by atoms with Gasteiger partial charge in [0, 0.05) is 50.2 Å². The number of allylic oxidation sites excluding steroid dienone is 2. The summed E-state index contributed by atoms with van der Waals surface area (Å²) in [6.45, 7) is 5.13. The van der Waals surface area contributed by atoms with Crippen LogP contribution in [-0.4, -0.2) is 64.8 Å². The van der Waals surface area contributed by atoms with E-state index in [2.05, 4.69) is 20.4 Å². The third kappa shape index (κ3) is 6.40. The number of hydrogen-bond acceptors (Lipinski definition) is 6. The van der Waals surface area contributed by atoms with E-state index in [1.54, 1.807) is 38.2 Å². The van der Waals surface area contributed by atoms with Crippen LogP contribution in [0, 0.1) is 0 Å². The summed E-state index contributed by atoms with van der Waals surface area (Å²) in [6, 6.07) is 9.03. The Kier molecular flexibility index (Phi) is 8.16. The SMILES string of the molecule is CCN=C/C(NC(=O)c1ccnn2cc(-c3ccccc3OC)nc12)=C(\C)N(C)CCC(C)(F)F. The van der Waals surface area contributed by atoms with Crippen molar-refractivity contribution in [3.8, 4) is 17.0 Å². The van der Waals surface area contributed by atoms with E-state index in [-0.39, 0.29) is 13.0 Å². The van der Waals surface area contributed by atoms with Crippen LogP contribution in [0.2, 0.25) is 0 Å². The largest absolute Gasteiger partial charge is 0.496 e. The molecular formula is C25H30F2N6O2. The topological polar surface area (TPSA) is 84.1 Å². The number of carbonyl (C=O) groups is 1. The van der Waals surface area contributed by atoms with E-state index in [9.17, 15) is 13.6 Å². The number of methoxy groups -OCH3 is 1.